The highest BCUT2D eigenvalue weighted by molar-refractivity contribution is 5.95. The number of esters is 1. The van der Waals surface area contributed by atoms with E-state index in [2.05, 4.69) is 34.8 Å². The number of ether oxygens (including phenoxy) is 1. The zero-order valence-corrected chi connectivity index (χ0v) is 20.4. The number of nitrogens with zero attached hydrogens (tertiary/aromatic N) is 1. The smallest absolute Gasteiger partial charge is 0.343 e. The highest BCUT2D eigenvalue weighted by Gasteiger charge is 2.19. The number of carbonyl (C=O) groups is 2. The molecule has 1 amide bonds. The molecule has 0 bridgehead atoms. The topological polar surface area (TPSA) is 72.2 Å². The summed E-state index contributed by atoms with van der Waals surface area (Å²) in [5.41, 5.74) is 8.48. The molecular weight excluding hydrogens is 462 g/mol. The van der Waals surface area contributed by atoms with Gasteiger partial charge in [0, 0.05) is 23.1 Å². The van der Waals surface area contributed by atoms with Gasteiger partial charge in [0.1, 0.15) is 18.8 Å². The third-order valence-corrected chi connectivity index (χ3v) is 6.46. The molecule has 37 heavy (non-hydrogen) atoms. The minimum absolute atomic E-state index is 0.268. The normalized spacial score (nSPS) is 14.6. The Morgan fingerprint density at radius 3 is 2.27 bits per heavy atom. The van der Waals surface area contributed by atoms with Gasteiger partial charge in [0.25, 0.3) is 5.91 Å². The molecule has 6 nitrogen and oxygen atoms in total. The van der Waals surface area contributed by atoms with Gasteiger partial charge >= 0.3 is 5.97 Å². The highest BCUT2D eigenvalue weighted by Crippen LogP contribution is 2.14. The summed E-state index contributed by atoms with van der Waals surface area (Å²) in [6, 6.07) is 32.1. The standard InChI is InChI=1S/C31H27N3O3/c35-30(26-14-10-24(11-15-26)21-34-19-18-25-6-4-5-9-28(25)22-34)33-32-20-23-12-16-29(17-13-23)37-31(36)27-7-2-1-3-8-27/h1-17,20H,18-19,21-22H2,(H,33,35)/p+1. The van der Waals surface area contributed by atoms with Crippen LogP contribution in [-0.2, 0) is 19.5 Å². The van der Waals surface area contributed by atoms with Crippen LogP contribution in [0.1, 0.15) is 43.0 Å². The van der Waals surface area contributed by atoms with E-state index in [1.165, 1.54) is 21.6 Å². The van der Waals surface area contributed by atoms with Gasteiger partial charge in [-0.05, 0) is 59.7 Å². The van der Waals surface area contributed by atoms with Crippen LogP contribution in [0.25, 0.3) is 0 Å². The van der Waals surface area contributed by atoms with Crippen LogP contribution < -0.4 is 15.1 Å². The monoisotopic (exact) mass is 490 g/mol. The maximum atomic E-state index is 12.5. The fraction of sp³-hybridized carbons (Fsp3) is 0.129. The molecule has 4 aromatic carbocycles. The second kappa shape index (κ2) is 11.5. The number of hydrogen-bond donors (Lipinski definition) is 2. The van der Waals surface area contributed by atoms with Crippen molar-refractivity contribution in [1.82, 2.24) is 5.43 Å². The summed E-state index contributed by atoms with van der Waals surface area (Å²) in [6.07, 6.45) is 2.65. The average molecular weight is 491 g/mol. The first-order valence-electron chi connectivity index (χ1n) is 12.3. The molecule has 0 aromatic heterocycles. The molecular formula is C31H28N3O3+. The van der Waals surface area contributed by atoms with E-state index < -0.39 is 5.97 Å². The molecule has 0 saturated carbocycles. The maximum absolute atomic E-state index is 12.5. The van der Waals surface area contributed by atoms with Gasteiger partial charge in [-0.15, -0.1) is 0 Å². The molecule has 1 aliphatic heterocycles. The number of carbonyl (C=O) groups excluding carboxylic acids is 2. The Balaban J connectivity index is 1.10. The first-order chi connectivity index (χ1) is 18.1. The quantitative estimate of drug-likeness (QED) is 0.179. The number of hydrogen-bond acceptors (Lipinski definition) is 4. The number of fused-ring (bicyclic) bond motifs is 1. The number of rotatable bonds is 7. The van der Waals surface area contributed by atoms with Gasteiger partial charge in [0.2, 0.25) is 0 Å². The lowest BCUT2D eigenvalue weighted by Crippen LogP contribution is -3.10. The number of hydrazone groups is 1. The summed E-state index contributed by atoms with van der Waals surface area (Å²) in [5.74, 6) is -0.246. The van der Waals surface area contributed by atoms with Crippen LogP contribution >= 0.6 is 0 Å². The first-order valence-corrected chi connectivity index (χ1v) is 12.3. The molecule has 1 atom stereocenters. The van der Waals surface area contributed by atoms with Gasteiger partial charge in [-0.1, -0.05) is 54.6 Å². The summed E-state index contributed by atoms with van der Waals surface area (Å²) in [7, 11) is 0. The van der Waals surface area contributed by atoms with Gasteiger partial charge < -0.3 is 9.64 Å². The lowest BCUT2D eigenvalue weighted by molar-refractivity contribution is -0.929. The highest BCUT2D eigenvalue weighted by atomic mass is 16.5. The van der Waals surface area contributed by atoms with Crippen molar-refractivity contribution in [1.29, 1.82) is 0 Å². The Kier molecular flexibility index (Phi) is 7.48. The molecule has 0 spiro atoms. The Morgan fingerprint density at radius 2 is 1.51 bits per heavy atom. The van der Waals surface area contributed by atoms with Crippen LogP contribution in [0.5, 0.6) is 5.75 Å². The Hall–Kier alpha value is -4.55. The second-order valence-electron chi connectivity index (χ2n) is 9.09. The third kappa shape index (κ3) is 6.37. The van der Waals surface area contributed by atoms with Crippen LogP contribution in [0.3, 0.4) is 0 Å². The summed E-state index contributed by atoms with van der Waals surface area (Å²) < 4.78 is 5.37. The van der Waals surface area contributed by atoms with Crippen molar-refractivity contribution in [2.45, 2.75) is 19.5 Å². The molecule has 4 aromatic rings. The largest absolute Gasteiger partial charge is 0.423 e. The molecule has 0 fully saturated rings. The molecule has 184 valence electrons. The maximum Gasteiger partial charge on any atom is 0.343 e. The average Bonchev–Trinajstić information content (AvgIpc) is 2.95. The lowest BCUT2D eigenvalue weighted by Gasteiger charge is -2.26. The second-order valence-corrected chi connectivity index (χ2v) is 9.09. The van der Waals surface area contributed by atoms with E-state index in [0.717, 1.165) is 31.6 Å². The van der Waals surface area contributed by atoms with E-state index in [4.69, 9.17) is 4.74 Å². The van der Waals surface area contributed by atoms with Gasteiger partial charge in [0.05, 0.1) is 18.3 Å². The molecule has 2 N–H and O–H groups in total. The van der Waals surface area contributed by atoms with E-state index in [-0.39, 0.29) is 5.91 Å². The van der Waals surface area contributed by atoms with Crippen molar-refractivity contribution < 1.29 is 19.2 Å². The van der Waals surface area contributed by atoms with Gasteiger partial charge in [0.15, 0.2) is 0 Å². The molecule has 0 saturated heterocycles. The number of quaternary nitrogens is 1. The summed E-state index contributed by atoms with van der Waals surface area (Å²) in [5, 5.41) is 4.06. The number of amides is 1. The number of benzene rings is 4. The molecule has 0 aliphatic carbocycles. The fourth-order valence-electron chi connectivity index (χ4n) is 4.45. The molecule has 0 radical (unpaired) electrons. The fourth-order valence-corrected chi connectivity index (χ4v) is 4.45. The lowest BCUT2D eigenvalue weighted by atomic mass is 9.99. The van der Waals surface area contributed by atoms with E-state index in [1.54, 1.807) is 54.7 Å². The van der Waals surface area contributed by atoms with Crippen LogP contribution in [0.4, 0.5) is 0 Å². The summed E-state index contributed by atoms with van der Waals surface area (Å²) in [6.45, 7) is 3.08. The number of nitrogens with one attached hydrogen (secondary N) is 2. The Morgan fingerprint density at radius 1 is 0.811 bits per heavy atom. The van der Waals surface area contributed by atoms with Gasteiger partial charge in [-0.2, -0.15) is 5.10 Å². The summed E-state index contributed by atoms with van der Waals surface area (Å²) in [4.78, 5) is 26.2. The van der Waals surface area contributed by atoms with Crippen LogP contribution in [-0.4, -0.2) is 24.6 Å². The van der Waals surface area contributed by atoms with E-state index in [0.29, 0.717) is 16.9 Å². The van der Waals surface area contributed by atoms with E-state index in [1.807, 2.05) is 30.3 Å². The minimum atomic E-state index is -0.414. The van der Waals surface area contributed by atoms with Crippen molar-refractivity contribution in [2.75, 3.05) is 6.54 Å². The van der Waals surface area contributed by atoms with Gasteiger partial charge in [-0.3, -0.25) is 4.79 Å². The zero-order valence-electron chi connectivity index (χ0n) is 20.4. The molecule has 6 heteroatoms. The SMILES string of the molecule is O=C(NN=Cc1ccc(OC(=O)c2ccccc2)cc1)c1ccc(C[NH+]2CCc3ccccc3C2)cc1. The molecule has 1 aliphatic rings. The zero-order chi connectivity index (χ0) is 25.5. The van der Waals surface area contributed by atoms with Crippen molar-refractivity contribution in [3.63, 3.8) is 0 Å². The minimum Gasteiger partial charge on any atom is -0.423 e. The van der Waals surface area contributed by atoms with Crippen molar-refractivity contribution in [3.8, 4) is 5.75 Å². The summed E-state index contributed by atoms with van der Waals surface area (Å²) >= 11 is 0. The van der Waals surface area contributed by atoms with Crippen LogP contribution in [0.15, 0.2) is 108 Å². The third-order valence-electron chi connectivity index (χ3n) is 6.46. The predicted octanol–water partition coefficient (Wildman–Crippen LogP) is 3.81. The van der Waals surface area contributed by atoms with Gasteiger partial charge in [-0.25, -0.2) is 10.2 Å². The molecule has 1 heterocycles. The first kappa shape index (κ1) is 24.2. The molecule has 5 rings (SSSR count). The molecule has 1 unspecified atom stereocenters. The predicted molar refractivity (Wildman–Crippen MR) is 143 cm³/mol. The van der Waals surface area contributed by atoms with Crippen LogP contribution in [0, 0.1) is 0 Å². The van der Waals surface area contributed by atoms with E-state index >= 15 is 0 Å². The van der Waals surface area contributed by atoms with Crippen LogP contribution in [0.2, 0.25) is 0 Å². The van der Waals surface area contributed by atoms with Crippen molar-refractivity contribution >= 4 is 18.1 Å². The Bertz CT molecular complexity index is 1400. The van der Waals surface area contributed by atoms with Crippen molar-refractivity contribution in [3.05, 3.63) is 137 Å². The van der Waals surface area contributed by atoms with E-state index in [9.17, 15) is 9.59 Å². The van der Waals surface area contributed by atoms with Crippen molar-refractivity contribution in [2.24, 2.45) is 5.10 Å². The Labute approximate surface area is 216 Å².